The molecule has 1 amide bonds. The first kappa shape index (κ1) is 21.1. The second-order valence-corrected chi connectivity index (χ2v) is 9.14. The number of amides is 1. The van der Waals surface area contributed by atoms with Crippen molar-refractivity contribution in [1.29, 1.82) is 0 Å². The van der Waals surface area contributed by atoms with Gasteiger partial charge >= 0.3 is 5.97 Å². The van der Waals surface area contributed by atoms with Gasteiger partial charge in [-0.15, -0.1) is 11.3 Å². The lowest BCUT2D eigenvalue weighted by atomic mass is 9.72. The number of ether oxygens (including phenoxy) is 1. The molecule has 1 heterocycles. The second kappa shape index (κ2) is 8.52. The predicted molar refractivity (Wildman–Crippen MR) is 126 cm³/mol. The maximum Gasteiger partial charge on any atom is 0.338 e. The molecule has 1 N–H and O–H groups in total. The van der Waals surface area contributed by atoms with Gasteiger partial charge in [-0.3, -0.25) is 4.79 Å². The van der Waals surface area contributed by atoms with E-state index in [9.17, 15) is 9.59 Å². The van der Waals surface area contributed by atoms with Crippen LogP contribution in [0.15, 0.2) is 66.1 Å². The molecule has 0 radical (unpaired) electrons. The maximum absolute atomic E-state index is 13.0. The van der Waals surface area contributed by atoms with Gasteiger partial charge in [0.25, 0.3) is 5.91 Å². The lowest BCUT2D eigenvalue weighted by Gasteiger charge is -2.32. The molecule has 0 aliphatic heterocycles. The first-order chi connectivity index (χ1) is 14.9. The molecule has 1 aliphatic rings. The Kier molecular flexibility index (Phi) is 5.79. The number of fused-ring (bicyclic) bond motifs is 1. The molecule has 0 spiro atoms. The van der Waals surface area contributed by atoms with Crippen LogP contribution in [0.2, 0.25) is 0 Å². The number of allylic oxidation sites excluding steroid dienone is 1. The fourth-order valence-electron chi connectivity index (χ4n) is 3.85. The molecule has 3 aromatic rings. The summed E-state index contributed by atoms with van der Waals surface area (Å²) in [6.45, 7) is 6.57. The fourth-order valence-corrected chi connectivity index (χ4v) is 4.63. The van der Waals surface area contributed by atoms with Crippen molar-refractivity contribution in [3.63, 3.8) is 0 Å². The summed E-state index contributed by atoms with van der Waals surface area (Å²) in [5.74, 6) is -0.550. The van der Waals surface area contributed by atoms with Crippen LogP contribution >= 0.6 is 11.3 Å². The van der Waals surface area contributed by atoms with Gasteiger partial charge in [-0.2, -0.15) is 0 Å². The van der Waals surface area contributed by atoms with Gasteiger partial charge in [-0.1, -0.05) is 32.1 Å². The third kappa shape index (κ3) is 4.32. The van der Waals surface area contributed by atoms with Crippen LogP contribution in [-0.4, -0.2) is 18.5 Å². The lowest BCUT2D eigenvalue weighted by Crippen LogP contribution is -2.22. The Labute approximate surface area is 186 Å². The zero-order valence-electron chi connectivity index (χ0n) is 17.9. The lowest BCUT2D eigenvalue weighted by molar-refractivity contribution is 0.0526. The van der Waals surface area contributed by atoms with Crippen LogP contribution in [0, 0.1) is 0 Å². The first-order valence-electron chi connectivity index (χ1n) is 10.4. The summed E-state index contributed by atoms with van der Waals surface area (Å²) in [6.07, 6.45) is 3.25. The highest BCUT2D eigenvalue weighted by Crippen LogP contribution is 2.42. The normalized spacial score (nSPS) is 14.4. The van der Waals surface area contributed by atoms with Crippen LogP contribution in [0.5, 0.6) is 0 Å². The van der Waals surface area contributed by atoms with E-state index in [1.807, 2.05) is 12.1 Å². The Morgan fingerprint density at radius 3 is 2.48 bits per heavy atom. The van der Waals surface area contributed by atoms with Crippen molar-refractivity contribution in [2.75, 3.05) is 11.9 Å². The Morgan fingerprint density at radius 2 is 1.81 bits per heavy atom. The molecule has 2 aromatic carbocycles. The molecular weight excluding hydrogens is 406 g/mol. The number of anilines is 1. The van der Waals surface area contributed by atoms with Crippen molar-refractivity contribution >= 4 is 34.5 Å². The molecule has 4 rings (SSSR count). The highest BCUT2D eigenvalue weighted by atomic mass is 32.1. The van der Waals surface area contributed by atoms with E-state index >= 15 is 0 Å². The number of hydrogen-bond donors (Lipinski definition) is 1. The van der Waals surface area contributed by atoms with Crippen LogP contribution in [0.25, 0.3) is 5.57 Å². The van der Waals surface area contributed by atoms with Crippen molar-refractivity contribution in [1.82, 2.24) is 0 Å². The molecule has 0 saturated carbocycles. The number of carbonyl (C=O) groups is 2. The minimum atomic E-state index is -0.370. The van der Waals surface area contributed by atoms with E-state index in [0.29, 0.717) is 23.4 Å². The second-order valence-electron chi connectivity index (χ2n) is 8.20. The summed E-state index contributed by atoms with van der Waals surface area (Å²) < 4.78 is 5.00. The molecule has 1 aliphatic carbocycles. The Bertz CT molecular complexity index is 1140. The fraction of sp³-hybridized carbons (Fsp3) is 0.231. The van der Waals surface area contributed by atoms with Gasteiger partial charge in [-0.05, 0) is 83.3 Å². The minimum absolute atomic E-state index is 0.0219. The zero-order chi connectivity index (χ0) is 22.0. The van der Waals surface area contributed by atoms with E-state index in [0.717, 1.165) is 12.0 Å². The molecule has 1 aromatic heterocycles. The zero-order valence-corrected chi connectivity index (χ0v) is 18.7. The molecule has 5 heteroatoms. The number of esters is 1. The predicted octanol–water partition coefficient (Wildman–Crippen LogP) is 6.29. The molecule has 31 heavy (non-hydrogen) atoms. The Morgan fingerprint density at radius 1 is 1.06 bits per heavy atom. The van der Waals surface area contributed by atoms with Gasteiger partial charge in [-0.25, -0.2) is 4.79 Å². The molecule has 158 valence electrons. The van der Waals surface area contributed by atoms with E-state index in [2.05, 4.69) is 48.8 Å². The number of hydrogen-bond acceptors (Lipinski definition) is 4. The SMILES string of the molecule is CCOC(=O)c1ccc(NC(=O)c2ccc3c(c2)C(c2cccs2)=CCC3(C)C)cc1. The third-order valence-corrected chi connectivity index (χ3v) is 6.46. The Balaban J connectivity index is 1.60. The molecule has 0 unspecified atom stereocenters. The summed E-state index contributed by atoms with van der Waals surface area (Å²) in [4.78, 5) is 26.0. The van der Waals surface area contributed by atoms with E-state index in [1.165, 1.54) is 16.0 Å². The average molecular weight is 432 g/mol. The summed E-state index contributed by atoms with van der Waals surface area (Å²) in [5.41, 5.74) is 5.28. The number of nitrogens with one attached hydrogen (secondary N) is 1. The summed E-state index contributed by atoms with van der Waals surface area (Å²) in [6, 6.07) is 16.9. The topological polar surface area (TPSA) is 55.4 Å². The maximum atomic E-state index is 13.0. The van der Waals surface area contributed by atoms with Crippen molar-refractivity contribution in [2.24, 2.45) is 0 Å². The smallest absolute Gasteiger partial charge is 0.338 e. The highest BCUT2D eigenvalue weighted by Gasteiger charge is 2.29. The van der Waals surface area contributed by atoms with Crippen molar-refractivity contribution in [3.05, 3.63) is 93.2 Å². The number of rotatable bonds is 5. The number of benzene rings is 2. The first-order valence-corrected chi connectivity index (χ1v) is 11.2. The number of thiophene rings is 1. The van der Waals surface area contributed by atoms with Gasteiger partial charge in [0.2, 0.25) is 0 Å². The standard InChI is InChI=1S/C26H25NO3S/c1-4-30-25(29)17-7-10-19(11-8-17)27-24(28)18-9-12-22-21(16-18)20(13-14-26(22,2)3)23-6-5-15-31-23/h5-13,15-16H,4,14H2,1-3H3,(H,27,28). The van der Waals surface area contributed by atoms with Crippen LogP contribution < -0.4 is 5.32 Å². The Hall–Kier alpha value is -3.18. The monoisotopic (exact) mass is 431 g/mol. The van der Waals surface area contributed by atoms with Crippen LogP contribution in [0.3, 0.4) is 0 Å². The molecule has 0 bridgehead atoms. The highest BCUT2D eigenvalue weighted by molar-refractivity contribution is 7.11. The van der Waals surface area contributed by atoms with Crippen molar-refractivity contribution in [3.8, 4) is 0 Å². The van der Waals surface area contributed by atoms with E-state index < -0.39 is 0 Å². The average Bonchev–Trinajstić information content (AvgIpc) is 3.29. The van der Waals surface area contributed by atoms with Gasteiger partial charge in [0.1, 0.15) is 0 Å². The van der Waals surface area contributed by atoms with E-state index in [4.69, 9.17) is 4.74 Å². The minimum Gasteiger partial charge on any atom is -0.462 e. The van der Waals surface area contributed by atoms with E-state index in [-0.39, 0.29) is 17.3 Å². The molecule has 0 saturated heterocycles. The molecular formula is C26H25NO3S. The molecule has 0 atom stereocenters. The van der Waals surface area contributed by atoms with Gasteiger partial charge in [0.15, 0.2) is 0 Å². The largest absolute Gasteiger partial charge is 0.462 e. The molecule has 0 fully saturated rings. The third-order valence-electron chi connectivity index (χ3n) is 5.56. The van der Waals surface area contributed by atoms with Gasteiger partial charge in [0, 0.05) is 16.1 Å². The van der Waals surface area contributed by atoms with Crippen molar-refractivity contribution < 1.29 is 14.3 Å². The van der Waals surface area contributed by atoms with Crippen LogP contribution in [-0.2, 0) is 10.2 Å². The van der Waals surface area contributed by atoms with E-state index in [1.54, 1.807) is 42.5 Å². The van der Waals surface area contributed by atoms with Gasteiger partial charge < -0.3 is 10.1 Å². The van der Waals surface area contributed by atoms with Crippen LogP contribution in [0.4, 0.5) is 5.69 Å². The summed E-state index contributed by atoms with van der Waals surface area (Å²) >= 11 is 1.71. The van der Waals surface area contributed by atoms with Crippen LogP contribution in [0.1, 0.15) is 63.9 Å². The summed E-state index contributed by atoms with van der Waals surface area (Å²) in [5, 5.41) is 5.00. The quantitative estimate of drug-likeness (QED) is 0.483. The summed E-state index contributed by atoms with van der Waals surface area (Å²) in [7, 11) is 0. The van der Waals surface area contributed by atoms with Gasteiger partial charge in [0.05, 0.1) is 12.2 Å². The number of carbonyl (C=O) groups excluding carboxylic acids is 2. The molecule has 4 nitrogen and oxygen atoms in total. The van der Waals surface area contributed by atoms with Crippen molar-refractivity contribution in [2.45, 2.75) is 32.6 Å².